The maximum Gasteiger partial charge on any atom is 0.191 e. The predicted molar refractivity (Wildman–Crippen MR) is 116 cm³/mol. The highest BCUT2D eigenvalue weighted by atomic mass is 127. The molecule has 1 saturated heterocycles. The third-order valence-corrected chi connectivity index (χ3v) is 4.63. The van der Waals surface area contributed by atoms with Gasteiger partial charge in [0.25, 0.3) is 0 Å². The van der Waals surface area contributed by atoms with Crippen molar-refractivity contribution in [3.63, 3.8) is 0 Å². The summed E-state index contributed by atoms with van der Waals surface area (Å²) in [5.41, 5.74) is 0.0278. The maximum absolute atomic E-state index is 9.20. The van der Waals surface area contributed by atoms with Crippen molar-refractivity contribution in [2.45, 2.75) is 52.5 Å². The Kier molecular flexibility index (Phi) is 13.9. The third kappa shape index (κ3) is 9.96. The van der Waals surface area contributed by atoms with E-state index < -0.39 is 0 Å². The second kappa shape index (κ2) is 14.0. The summed E-state index contributed by atoms with van der Waals surface area (Å²) in [5, 5.41) is 16.0. The molecule has 0 aromatic heterocycles. The van der Waals surface area contributed by atoms with Gasteiger partial charge in [0.1, 0.15) is 0 Å². The lowest BCUT2D eigenvalue weighted by atomic mass is 10.0. The normalized spacial score (nSPS) is 17.7. The van der Waals surface area contributed by atoms with Gasteiger partial charge in [-0.05, 0) is 39.5 Å². The zero-order valence-electron chi connectivity index (χ0n) is 16.5. The average molecular weight is 470 g/mol. The van der Waals surface area contributed by atoms with Crippen LogP contribution in [0.4, 0.5) is 0 Å². The second-order valence-corrected chi connectivity index (χ2v) is 7.15. The third-order valence-electron chi connectivity index (χ3n) is 4.63. The number of aliphatic hydroxyl groups excluding tert-OH is 1. The van der Waals surface area contributed by atoms with Crippen LogP contribution in [-0.2, 0) is 4.74 Å². The van der Waals surface area contributed by atoms with Crippen LogP contribution in [0.5, 0.6) is 0 Å². The molecule has 25 heavy (non-hydrogen) atoms. The molecule has 1 fully saturated rings. The molecule has 1 heterocycles. The Morgan fingerprint density at radius 3 is 2.44 bits per heavy atom. The minimum atomic E-state index is 0. The van der Waals surface area contributed by atoms with E-state index in [1.165, 1.54) is 0 Å². The van der Waals surface area contributed by atoms with Gasteiger partial charge < -0.3 is 20.5 Å². The molecule has 0 aliphatic carbocycles. The lowest BCUT2D eigenvalue weighted by Gasteiger charge is -2.40. The van der Waals surface area contributed by atoms with E-state index in [2.05, 4.69) is 43.2 Å². The molecule has 3 N–H and O–H groups in total. The average Bonchev–Trinajstić information content (AvgIpc) is 2.58. The molecule has 0 saturated carbocycles. The van der Waals surface area contributed by atoms with E-state index >= 15 is 0 Å². The number of rotatable bonds is 10. The van der Waals surface area contributed by atoms with Gasteiger partial charge in [0.2, 0.25) is 0 Å². The van der Waals surface area contributed by atoms with Gasteiger partial charge in [0.15, 0.2) is 5.96 Å². The van der Waals surface area contributed by atoms with E-state index in [0.29, 0.717) is 5.92 Å². The van der Waals surface area contributed by atoms with Gasteiger partial charge in [0, 0.05) is 38.3 Å². The first-order valence-corrected chi connectivity index (χ1v) is 9.49. The van der Waals surface area contributed by atoms with Crippen LogP contribution in [0.25, 0.3) is 0 Å². The van der Waals surface area contributed by atoms with Crippen molar-refractivity contribution >= 4 is 29.9 Å². The molecule has 0 spiro atoms. The molecule has 150 valence electrons. The molecular weight excluding hydrogens is 431 g/mol. The SMILES string of the molecule is CCCC(CCO)CNC(=NCC(C)(C)N1CCOCC1)NCC.I. The monoisotopic (exact) mass is 470 g/mol. The number of hydrogen-bond donors (Lipinski definition) is 3. The Labute approximate surface area is 171 Å². The van der Waals surface area contributed by atoms with Gasteiger partial charge in [-0.25, -0.2) is 0 Å². The smallest absolute Gasteiger partial charge is 0.191 e. The van der Waals surface area contributed by atoms with Gasteiger partial charge in [-0.1, -0.05) is 13.3 Å². The molecule has 0 aromatic carbocycles. The number of nitrogens with one attached hydrogen (secondary N) is 2. The Morgan fingerprint density at radius 2 is 1.88 bits per heavy atom. The fourth-order valence-corrected chi connectivity index (χ4v) is 3.06. The van der Waals surface area contributed by atoms with Crippen molar-refractivity contribution in [2.75, 3.05) is 52.5 Å². The standard InChI is InChI=1S/C18H38N4O2.HI/c1-5-7-16(8-11-23)14-20-17(19-6-2)21-15-18(3,4)22-9-12-24-13-10-22;/h16,23H,5-15H2,1-4H3,(H2,19,20,21);1H. The molecule has 1 aliphatic rings. The first-order chi connectivity index (χ1) is 11.5. The zero-order chi connectivity index (χ0) is 17.8. The molecule has 1 aliphatic heterocycles. The summed E-state index contributed by atoms with van der Waals surface area (Å²) in [6.07, 6.45) is 3.12. The minimum Gasteiger partial charge on any atom is -0.396 e. The van der Waals surface area contributed by atoms with Crippen LogP contribution < -0.4 is 10.6 Å². The van der Waals surface area contributed by atoms with Crippen molar-refractivity contribution in [3.8, 4) is 0 Å². The summed E-state index contributed by atoms with van der Waals surface area (Å²) >= 11 is 0. The summed E-state index contributed by atoms with van der Waals surface area (Å²) < 4.78 is 5.45. The highest BCUT2D eigenvalue weighted by molar-refractivity contribution is 14.0. The van der Waals surface area contributed by atoms with Crippen molar-refractivity contribution in [2.24, 2.45) is 10.9 Å². The van der Waals surface area contributed by atoms with E-state index in [0.717, 1.165) is 71.2 Å². The molecule has 0 bridgehead atoms. The quantitative estimate of drug-likeness (QED) is 0.259. The van der Waals surface area contributed by atoms with Gasteiger partial charge in [-0.3, -0.25) is 9.89 Å². The van der Waals surface area contributed by atoms with Crippen molar-refractivity contribution in [1.82, 2.24) is 15.5 Å². The molecular formula is C18H39IN4O2. The van der Waals surface area contributed by atoms with Gasteiger partial charge in [0.05, 0.1) is 19.8 Å². The first kappa shape index (κ1) is 24.9. The van der Waals surface area contributed by atoms with Crippen LogP contribution in [-0.4, -0.2) is 74.0 Å². The number of halogens is 1. The molecule has 6 nitrogen and oxygen atoms in total. The predicted octanol–water partition coefficient (Wildman–Crippen LogP) is 2.07. The van der Waals surface area contributed by atoms with Crippen molar-refractivity contribution in [1.29, 1.82) is 0 Å². The fourth-order valence-electron chi connectivity index (χ4n) is 3.06. The van der Waals surface area contributed by atoms with Gasteiger partial charge >= 0.3 is 0 Å². The van der Waals surface area contributed by atoms with Crippen molar-refractivity contribution in [3.05, 3.63) is 0 Å². The summed E-state index contributed by atoms with van der Waals surface area (Å²) in [4.78, 5) is 7.26. The lowest BCUT2D eigenvalue weighted by Crippen LogP contribution is -2.52. The van der Waals surface area contributed by atoms with Gasteiger partial charge in [-0.15, -0.1) is 24.0 Å². The van der Waals surface area contributed by atoms with E-state index in [9.17, 15) is 5.11 Å². The molecule has 0 radical (unpaired) electrons. The molecule has 1 atom stereocenters. The summed E-state index contributed by atoms with van der Waals surface area (Å²) in [5.74, 6) is 1.37. The minimum absolute atomic E-state index is 0. The molecule has 1 unspecified atom stereocenters. The van der Waals surface area contributed by atoms with Crippen LogP contribution in [0.1, 0.15) is 47.0 Å². The first-order valence-electron chi connectivity index (χ1n) is 9.49. The number of morpholine rings is 1. The summed E-state index contributed by atoms with van der Waals surface area (Å²) in [7, 11) is 0. The number of ether oxygens (including phenoxy) is 1. The second-order valence-electron chi connectivity index (χ2n) is 7.15. The fraction of sp³-hybridized carbons (Fsp3) is 0.944. The number of aliphatic hydroxyl groups is 1. The number of nitrogens with zero attached hydrogens (tertiary/aromatic N) is 2. The largest absolute Gasteiger partial charge is 0.396 e. The van der Waals surface area contributed by atoms with Gasteiger partial charge in [-0.2, -0.15) is 0 Å². The van der Waals surface area contributed by atoms with Crippen LogP contribution >= 0.6 is 24.0 Å². The number of aliphatic imine (C=N–C) groups is 1. The Bertz CT molecular complexity index is 355. The Morgan fingerprint density at radius 1 is 1.20 bits per heavy atom. The van der Waals surface area contributed by atoms with E-state index in [1.54, 1.807) is 0 Å². The van der Waals surface area contributed by atoms with Crippen LogP contribution in [0.15, 0.2) is 4.99 Å². The Balaban J connectivity index is 0.00000576. The number of hydrogen-bond acceptors (Lipinski definition) is 4. The Hall–Kier alpha value is -0.120. The molecule has 0 aromatic rings. The molecule has 7 heteroatoms. The van der Waals surface area contributed by atoms with Crippen molar-refractivity contribution < 1.29 is 9.84 Å². The van der Waals surface area contributed by atoms with Crippen LogP contribution in [0, 0.1) is 5.92 Å². The van der Waals surface area contributed by atoms with E-state index in [4.69, 9.17) is 9.73 Å². The highest BCUT2D eigenvalue weighted by Crippen LogP contribution is 2.16. The zero-order valence-corrected chi connectivity index (χ0v) is 18.8. The number of guanidine groups is 1. The van der Waals surface area contributed by atoms with Crippen LogP contribution in [0.3, 0.4) is 0 Å². The highest BCUT2D eigenvalue weighted by Gasteiger charge is 2.28. The van der Waals surface area contributed by atoms with Crippen LogP contribution in [0.2, 0.25) is 0 Å². The summed E-state index contributed by atoms with van der Waals surface area (Å²) in [6.45, 7) is 15.1. The summed E-state index contributed by atoms with van der Waals surface area (Å²) in [6, 6.07) is 0. The maximum atomic E-state index is 9.20. The molecule has 0 amide bonds. The van der Waals surface area contributed by atoms with E-state index in [1.807, 2.05) is 0 Å². The molecule has 1 rings (SSSR count). The topological polar surface area (TPSA) is 69.1 Å². The van der Waals surface area contributed by atoms with E-state index in [-0.39, 0.29) is 36.1 Å². The lowest BCUT2D eigenvalue weighted by molar-refractivity contribution is -0.00684.